The molecule has 1 aliphatic rings. The summed E-state index contributed by atoms with van der Waals surface area (Å²) in [6.45, 7) is 0.413. The van der Waals surface area contributed by atoms with E-state index in [4.69, 9.17) is 4.42 Å². The van der Waals surface area contributed by atoms with Gasteiger partial charge in [0.2, 0.25) is 11.8 Å². The van der Waals surface area contributed by atoms with Crippen LogP contribution in [-0.2, 0) is 16.1 Å². The van der Waals surface area contributed by atoms with E-state index in [1.165, 1.54) is 11.3 Å². The molecule has 0 bridgehead atoms. The number of carbonyl (C=O) groups excluding carboxylic acids is 2. The second kappa shape index (κ2) is 7.20. The fourth-order valence-corrected chi connectivity index (χ4v) is 3.56. The van der Waals surface area contributed by atoms with Crippen molar-refractivity contribution in [3.05, 3.63) is 52.3 Å². The van der Waals surface area contributed by atoms with Gasteiger partial charge in [-0.1, -0.05) is 12.1 Å². The van der Waals surface area contributed by atoms with Gasteiger partial charge in [-0.2, -0.15) is 4.68 Å². The Kier molecular flexibility index (Phi) is 4.59. The Morgan fingerprint density at radius 1 is 1.26 bits per heavy atom. The molecule has 0 saturated carbocycles. The van der Waals surface area contributed by atoms with Crippen molar-refractivity contribution in [2.75, 3.05) is 16.8 Å². The maximum absolute atomic E-state index is 12.3. The number of amides is 2. The summed E-state index contributed by atoms with van der Waals surface area (Å²) in [6.07, 6.45) is 1.37. The monoisotopic (exact) mass is 384 g/mol. The summed E-state index contributed by atoms with van der Waals surface area (Å²) in [5.74, 6) is -0.830. The normalized spacial score (nSPS) is 13.9. The van der Waals surface area contributed by atoms with Crippen molar-refractivity contribution in [1.82, 2.24) is 9.78 Å². The largest absolute Gasteiger partial charge is 0.437 e. The molecule has 1 fully saturated rings. The fraction of sp³-hybridized carbons (Fsp3) is 0.222. The number of benzene rings is 1. The molecule has 1 saturated heterocycles. The first-order chi connectivity index (χ1) is 13.1. The molecule has 2 aromatic heterocycles. The number of hydrogen-bond acceptors (Lipinski definition) is 6. The molecule has 1 aromatic carbocycles. The molecule has 27 heavy (non-hydrogen) atoms. The molecule has 0 unspecified atom stereocenters. The number of hydrogen-bond donors (Lipinski definition) is 1. The predicted octanol–water partition coefficient (Wildman–Crippen LogP) is 2.33. The van der Waals surface area contributed by atoms with E-state index in [-0.39, 0.29) is 18.3 Å². The lowest BCUT2D eigenvalue weighted by Crippen LogP contribution is -2.26. The molecule has 0 aliphatic carbocycles. The lowest BCUT2D eigenvalue weighted by Gasteiger charge is -2.16. The Balaban J connectivity index is 1.46. The Labute approximate surface area is 158 Å². The molecular weight excluding hydrogens is 368 g/mol. The van der Waals surface area contributed by atoms with Crippen LogP contribution in [0, 0.1) is 0 Å². The van der Waals surface area contributed by atoms with Crippen molar-refractivity contribution in [1.29, 1.82) is 0 Å². The van der Waals surface area contributed by atoms with Crippen LogP contribution in [0.5, 0.6) is 0 Å². The van der Waals surface area contributed by atoms with Crippen molar-refractivity contribution in [2.24, 2.45) is 0 Å². The Morgan fingerprint density at radius 3 is 2.89 bits per heavy atom. The smallest absolute Gasteiger partial charge is 0.387 e. The van der Waals surface area contributed by atoms with Crippen molar-refractivity contribution < 1.29 is 14.0 Å². The van der Waals surface area contributed by atoms with Crippen molar-refractivity contribution in [2.45, 2.75) is 19.4 Å². The first-order valence-corrected chi connectivity index (χ1v) is 9.30. The van der Waals surface area contributed by atoms with Crippen LogP contribution in [0.15, 0.2) is 51.0 Å². The second-order valence-corrected chi connectivity index (χ2v) is 7.00. The molecule has 138 valence electrons. The van der Waals surface area contributed by atoms with E-state index in [1.54, 1.807) is 29.2 Å². The van der Waals surface area contributed by atoms with Gasteiger partial charge >= 0.3 is 5.76 Å². The summed E-state index contributed by atoms with van der Waals surface area (Å²) in [5.41, 5.74) is 1.29. The van der Waals surface area contributed by atoms with Gasteiger partial charge < -0.3 is 14.6 Å². The van der Waals surface area contributed by atoms with Crippen LogP contribution in [0.2, 0.25) is 0 Å². The molecule has 4 rings (SSSR count). The highest BCUT2D eigenvalue weighted by molar-refractivity contribution is 7.13. The van der Waals surface area contributed by atoms with E-state index in [9.17, 15) is 14.4 Å². The lowest BCUT2D eigenvalue weighted by atomic mass is 10.2. The van der Waals surface area contributed by atoms with Crippen LogP contribution >= 0.6 is 11.3 Å². The van der Waals surface area contributed by atoms with E-state index < -0.39 is 11.7 Å². The fourth-order valence-electron chi connectivity index (χ4n) is 2.92. The third kappa shape index (κ3) is 3.68. The van der Waals surface area contributed by atoms with Crippen LogP contribution in [0.1, 0.15) is 12.8 Å². The average molecular weight is 384 g/mol. The number of aromatic nitrogens is 2. The molecule has 0 radical (unpaired) electrons. The maximum Gasteiger partial charge on any atom is 0.437 e. The number of nitrogens with zero attached hydrogens (tertiary/aromatic N) is 3. The molecule has 0 spiro atoms. The minimum atomic E-state index is -0.690. The zero-order valence-electron chi connectivity index (χ0n) is 14.3. The molecule has 9 heteroatoms. The topological polar surface area (TPSA) is 97.4 Å². The van der Waals surface area contributed by atoms with Gasteiger partial charge in [0.1, 0.15) is 6.54 Å². The van der Waals surface area contributed by atoms with Gasteiger partial charge in [-0.25, -0.2) is 4.79 Å². The van der Waals surface area contributed by atoms with Crippen molar-refractivity contribution >= 4 is 34.5 Å². The van der Waals surface area contributed by atoms with Crippen LogP contribution in [0.3, 0.4) is 0 Å². The van der Waals surface area contributed by atoms with E-state index >= 15 is 0 Å². The van der Waals surface area contributed by atoms with Crippen LogP contribution in [0.25, 0.3) is 10.8 Å². The second-order valence-electron chi connectivity index (χ2n) is 6.06. The highest BCUT2D eigenvalue weighted by Crippen LogP contribution is 2.24. The van der Waals surface area contributed by atoms with E-state index in [2.05, 4.69) is 10.4 Å². The summed E-state index contributed by atoms with van der Waals surface area (Å²) in [4.78, 5) is 38.5. The van der Waals surface area contributed by atoms with Gasteiger partial charge in [0.25, 0.3) is 5.89 Å². The van der Waals surface area contributed by atoms with Gasteiger partial charge in [-0.15, -0.1) is 16.4 Å². The molecular formula is C18H16N4O4S. The Hall–Kier alpha value is -3.20. The van der Waals surface area contributed by atoms with Crippen LogP contribution in [-0.4, -0.2) is 28.1 Å². The minimum Gasteiger partial charge on any atom is -0.387 e. The van der Waals surface area contributed by atoms with Gasteiger partial charge in [0, 0.05) is 24.3 Å². The zero-order valence-corrected chi connectivity index (χ0v) is 15.1. The minimum absolute atomic E-state index is 0.0775. The first-order valence-electron chi connectivity index (χ1n) is 8.42. The van der Waals surface area contributed by atoms with Gasteiger partial charge in [0.05, 0.1) is 4.88 Å². The number of carbonyl (C=O) groups is 2. The van der Waals surface area contributed by atoms with E-state index in [0.29, 0.717) is 23.5 Å². The van der Waals surface area contributed by atoms with E-state index in [1.807, 2.05) is 17.5 Å². The summed E-state index contributed by atoms with van der Waals surface area (Å²) >= 11 is 1.39. The lowest BCUT2D eigenvalue weighted by molar-refractivity contribution is -0.117. The van der Waals surface area contributed by atoms with E-state index in [0.717, 1.165) is 16.8 Å². The van der Waals surface area contributed by atoms with Gasteiger partial charge in [-0.3, -0.25) is 9.59 Å². The van der Waals surface area contributed by atoms with Gasteiger partial charge in [-0.05, 0) is 36.1 Å². The maximum atomic E-state index is 12.3. The Morgan fingerprint density at radius 2 is 2.15 bits per heavy atom. The predicted molar refractivity (Wildman–Crippen MR) is 101 cm³/mol. The number of thiophene rings is 1. The highest BCUT2D eigenvalue weighted by atomic mass is 32.1. The average Bonchev–Trinajstić information content (AvgIpc) is 3.37. The quantitative estimate of drug-likeness (QED) is 0.728. The third-order valence-electron chi connectivity index (χ3n) is 4.15. The standard InChI is InChI=1S/C18H16N4O4S/c23-15(11-22-18(25)26-17(20-22)14-6-3-9-27-14)19-12-4-1-5-13(10-12)21-8-2-7-16(21)24/h1,3-6,9-10H,2,7-8,11H2,(H,19,23). The number of nitrogens with one attached hydrogen (secondary N) is 1. The van der Waals surface area contributed by atoms with Crippen molar-refractivity contribution in [3.63, 3.8) is 0 Å². The van der Waals surface area contributed by atoms with Crippen LogP contribution < -0.4 is 16.0 Å². The SMILES string of the molecule is O=C(Cn1nc(-c2cccs2)oc1=O)Nc1cccc(N2CCCC2=O)c1. The highest BCUT2D eigenvalue weighted by Gasteiger charge is 2.22. The summed E-state index contributed by atoms with van der Waals surface area (Å²) < 4.78 is 6.08. The number of rotatable bonds is 5. The molecule has 3 aromatic rings. The summed E-state index contributed by atoms with van der Waals surface area (Å²) in [5, 5.41) is 8.63. The van der Waals surface area contributed by atoms with Gasteiger partial charge in [0.15, 0.2) is 0 Å². The van der Waals surface area contributed by atoms with Crippen LogP contribution in [0.4, 0.5) is 11.4 Å². The molecule has 8 nitrogen and oxygen atoms in total. The molecule has 2 amide bonds. The molecule has 1 N–H and O–H groups in total. The first kappa shape index (κ1) is 17.2. The summed E-state index contributed by atoms with van der Waals surface area (Å²) in [6, 6.07) is 10.7. The number of anilines is 2. The third-order valence-corrected chi connectivity index (χ3v) is 5.00. The zero-order chi connectivity index (χ0) is 18.8. The van der Waals surface area contributed by atoms with Crippen molar-refractivity contribution in [3.8, 4) is 10.8 Å². The summed E-state index contributed by atoms with van der Waals surface area (Å²) in [7, 11) is 0. The molecule has 3 heterocycles. The molecule has 1 aliphatic heterocycles. The Bertz CT molecular complexity index is 1040. The molecule has 0 atom stereocenters.